The first-order chi connectivity index (χ1) is 10.2. The number of carbonyl (C=O) groups is 1. The van der Waals surface area contributed by atoms with Crippen molar-refractivity contribution in [2.75, 3.05) is 7.11 Å². The number of nitrogens with zero attached hydrogens (tertiary/aromatic N) is 2. The van der Waals surface area contributed by atoms with Gasteiger partial charge in [0.15, 0.2) is 5.69 Å². The minimum atomic E-state index is -0.451. The van der Waals surface area contributed by atoms with Crippen LogP contribution in [-0.4, -0.2) is 40.8 Å². The second-order valence-electron chi connectivity index (χ2n) is 6.41. The molecule has 2 aromatic rings. The Morgan fingerprint density at radius 3 is 2.50 bits per heavy atom. The highest BCUT2D eigenvalue weighted by molar-refractivity contribution is 6.62. The summed E-state index contributed by atoms with van der Waals surface area (Å²) in [6.07, 6.45) is 3.27. The molecular formula is C15H19BN2O4. The van der Waals surface area contributed by atoms with E-state index >= 15 is 0 Å². The molecule has 0 spiro atoms. The third-order valence-electron chi connectivity index (χ3n) is 4.46. The number of esters is 1. The van der Waals surface area contributed by atoms with E-state index in [9.17, 15) is 4.79 Å². The molecule has 1 fully saturated rings. The average Bonchev–Trinajstić information content (AvgIpc) is 2.96. The number of hydrogen-bond acceptors (Lipinski definition) is 5. The van der Waals surface area contributed by atoms with Crippen LogP contribution < -0.4 is 5.46 Å². The summed E-state index contributed by atoms with van der Waals surface area (Å²) in [5.74, 6) is -0.420. The molecule has 0 radical (unpaired) electrons. The number of pyridine rings is 1. The monoisotopic (exact) mass is 302 g/mol. The molecule has 1 saturated heterocycles. The fraction of sp³-hybridized carbons (Fsp3) is 0.467. The average molecular weight is 302 g/mol. The fourth-order valence-electron chi connectivity index (χ4n) is 2.38. The number of imidazole rings is 1. The van der Waals surface area contributed by atoms with Crippen molar-refractivity contribution in [3.8, 4) is 0 Å². The molecule has 0 bridgehead atoms. The second kappa shape index (κ2) is 4.82. The Bertz CT molecular complexity index is 722. The van der Waals surface area contributed by atoms with Crippen LogP contribution >= 0.6 is 0 Å². The van der Waals surface area contributed by atoms with E-state index < -0.39 is 24.3 Å². The van der Waals surface area contributed by atoms with Gasteiger partial charge in [-0.1, -0.05) is 0 Å². The van der Waals surface area contributed by atoms with Crippen LogP contribution in [-0.2, 0) is 14.0 Å². The van der Waals surface area contributed by atoms with Gasteiger partial charge in [0, 0.05) is 6.20 Å². The normalized spacial score (nSPS) is 19.6. The molecule has 0 saturated carbocycles. The number of rotatable bonds is 2. The summed E-state index contributed by atoms with van der Waals surface area (Å²) in [6.45, 7) is 8.04. The third kappa shape index (κ3) is 2.21. The summed E-state index contributed by atoms with van der Waals surface area (Å²) in [7, 11) is 0.897. The largest absolute Gasteiger partial charge is 0.495 e. The molecule has 0 unspecified atom stereocenters. The topological polar surface area (TPSA) is 62.1 Å². The van der Waals surface area contributed by atoms with Gasteiger partial charge in [0.25, 0.3) is 0 Å². The van der Waals surface area contributed by atoms with E-state index in [0.29, 0.717) is 11.3 Å². The fourth-order valence-corrected chi connectivity index (χ4v) is 2.38. The number of methoxy groups -OCH3 is 1. The molecule has 0 atom stereocenters. The lowest BCUT2D eigenvalue weighted by atomic mass is 9.80. The van der Waals surface area contributed by atoms with Crippen molar-refractivity contribution in [1.29, 1.82) is 0 Å². The molecule has 1 aliphatic heterocycles. The Hall–Kier alpha value is -1.86. The number of aromatic nitrogens is 2. The van der Waals surface area contributed by atoms with Crippen molar-refractivity contribution in [2.45, 2.75) is 38.9 Å². The lowest BCUT2D eigenvalue weighted by Crippen LogP contribution is -2.41. The van der Waals surface area contributed by atoms with Crippen molar-refractivity contribution in [3.05, 3.63) is 30.2 Å². The summed E-state index contributed by atoms with van der Waals surface area (Å²) >= 11 is 0. The molecule has 0 aromatic carbocycles. The third-order valence-corrected chi connectivity index (χ3v) is 4.46. The zero-order valence-corrected chi connectivity index (χ0v) is 13.4. The summed E-state index contributed by atoms with van der Waals surface area (Å²) in [5.41, 5.74) is 1.12. The summed E-state index contributed by atoms with van der Waals surface area (Å²) in [5, 5.41) is 0. The molecule has 116 valence electrons. The molecule has 0 N–H and O–H groups in total. The Morgan fingerprint density at radius 1 is 1.27 bits per heavy atom. The first-order valence-corrected chi connectivity index (χ1v) is 7.16. The lowest BCUT2D eigenvalue weighted by Gasteiger charge is -2.32. The van der Waals surface area contributed by atoms with Crippen LogP contribution in [0.4, 0.5) is 0 Å². The van der Waals surface area contributed by atoms with Crippen molar-refractivity contribution in [3.63, 3.8) is 0 Å². The molecule has 0 amide bonds. The van der Waals surface area contributed by atoms with E-state index in [2.05, 4.69) is 4.98 Å². The second-order valence-corrected chi connectivity index (χ2v) is 6.41. The Balaban J connectivity index is 1.96. The smallest absolute Gasteiger partial charge is 0.464 e. The zero-order valence-electron chi connectivity index (χ0n) is 13.4. The van der Waals surface area contributed by atoms with E-state index in [1.54, 1.807) is 10.6 Å². The van der Waals surface area contributed by atoms with Crippen molar-refractivity contribution < 1.29 is 18.8 Å². The summed E-state index contributed by atoms with van der Waals surface area (Å²) < 4.78 is 18.5. The predicted octanol–water partition coefficient (Wildman–Crippen LogP) is 1.42. The van der Waals surface area contributed by atoms with Gasteiger partial charge in [-0.3, -0.25) is 4.40 Å². The van der Waals surface area contributed by atoms with Crippen LogP contribution in [0.3, 0.4) is 0 Å². The number of hydrogen-bond donors (Lipinski definition) is 0. The predicted molar refractivity (Wildman–Crippen MR) is 82.2 cm³/mol. The molecule has 3 heterocycles. The van der Waals surface area contributed by atoms with Crippen LogP contribution in [0.1, 0.15) is 38.2 Å². The van der Waals surface area contributed by atoms with E-state index in [4.69, 9.17) is 14.0 Å². The Kier molecular flexibility index (Phi) is 3.30. The van der Waals surface area contributed by atoms with E-state index in [1.807, 2.05) is 39.8 Å². The lowest BCUT2D eigenvalue weighted by molar-refractivity contribution is 0.00578. The molecule has 3 rings (SSSR count). The van der Waals surface area contributed by atoms with Gasteiger partial charge in [0.1, 0.15) is 5.65 Å². The van der Waals surface area contributed by atoms with Crippen molar-refractivity contribution >= 4 is 24.2 Å². The molecule has 1 aliphatic rings. The Labute approximate surface area is 129 Å². The highest BCUT2D eigenvalue weighted by atomic mass is 16.7. The van der Waals surface area contributed by atoms with Gasteiger partial charge in [-0.15, -0.1) is 0 Å². The van der Waals surface area contributed by atoms with Crippen molar-refractivity contribution in [2.24, 2.45) is 0 Å². The van der Waals surface area contributed by atoms with Crippen LogP contribution in [0.15, 0.2) is 24.5 Å². The molecule has 2 aromatic heterocycles. The van der Waals surface area contributed by atoms with Gasteiger partial charge >= 0.3 is 13.1 Å². The first-order valence-electron chi connectivity index (χ1n) is 7.16. The van der Waals surface area contributed by atoms with E-state index in [0.717, 1.165) is 5.46 Å². The van der Waals surface area contributed by atoms with Gasteiger partial charge in [0.2, 0.25) is 0 Å². The van der Waals surface area contributed by atoms with Crippen LogP contribution in [0.25, 0.3) is 5.65 Å². The van der Waals surface area contributed by atoms with Crippen LogP contribution in [0.2, 0.25) is 0 Å². The van der Waals surface area contributed by atoms with Gasteiger partial charge in [-0.2, -0.15) is 0 Å². The first kappa shape index (κ1) is 15.1. The summed E-state index contributed by atoms with van der Waals surface area (Å²) in [6, 6.07) is 3.72. The molecule has 7 heteroatoms. The maximum absolute atomic E-state index is 11.7. The highest BCUT2D eigenvalue weighted by Crippen LogP contribution is 2.36. The van der Waals surface area contributed by atoms with E-state index in [-0.39, 0.29) is 0 Å². The molecule has 22 heavy (non-hydrogen) atoms. The van der Waals surface area contributed by atoms with Crippen molar-refractivity contribution in [1.82, 2.24) is 9.38 Å². The molecular weight excluding hydrogens is 283 g/mol. The van der Waals surface area contributed by atoms with Gasteiger partial charge < -0.3 is 14.0 Å². The maximum Gasteiger partial charge on any atom is 0.495 e. The number of fused-ring (bicyclic) bond motifs is 1. The number of carbonyl (C=O) groups excluding carboxylic acids is 1. The quantitative estimate of drug-likeness (QED) is 0.620. The molecule has 0 aliphatic carbocycles. The maximum atomic E-state index is 11.7. The van der Waals surface area contributed by atoms with Gasteiger partial charge in [-0.05, 0) is 45.3 Å². The van der Waals surface area contributed by atoms with Gasteiger partial charge in [-0.25, -0.2) is 9.78 Å². The minimum Gasteiger partial charge on any atom is -0.464 e. The SMILES string of the molecule is COC(=O)c1cnc2cc(B3OC(C)(C)C(C)(C)O3)ccn12. The van der Waals surface area contributed by atoms with Crippen LogP contribution in [0.5, 0.6) is 0 Å². The van der Waals surface area contributed by atoms with Crippen LogP contribution in [0, 0.1) is 0 Å². The van der Waals surface area contributed by atoms with E-state index in [1.165, 1.54) is 13.3 Å². The Morgan fingerprint density at radius 2 is 1.91 bits per heavy atom. The zero-order chi connectivity index (χ0) is 16.1. The number of ether oxygens (including phenoxy) is 1. The highest BCUT2D eigenvalue weighted by Gasteiger charge is 2.51. The minimum absolute atomic E-state index is 0.387. The summed E-state index contributed by atoms with van der Waals surface area (Å²) in [4.78, 5) is 15.9. The standard InChI is InChI=1S/C15H19BN2O4/c1-14(2)15(3,4)22-16(21-14)10-6-7-18-11(13(19)20-5)9-17-12(18)8-10/h6-9H,1-5H3. The van der Waals surface area contributed by atoms with Gasteiger partial charge in [0.05, 0.1) is 24.5 Å². The molecule has 6 nitrogen and oxygen atoms in total.